The van der Waals surface area contributed by atoms with Gasteiger partial charge in [-0.3, -0.25) is 9.78 Å². The van der Waals surface area contributed by atoms with Crippen LogP contribution >= 0.6 is 11.3 Å². The summed E-state index contributed by atoms with van der Waals surface area (Å²) in [6.07, 6.45) is -1.69. The summed E-state index contributed by atoms with van der Waals surface area (Å²) >= 11 is 0.859. The van der Waals surface area contributed by atoms with E-state index >= 15 is 0 Å². The smallest absolute Gasteiger partial charge is 0.334 e. The first-order valence-corrected chi connectivity index (χ1v) is 6.71. The quantitative estimate of drug-likeness (QED) is 0.873. The number of halogens is 3. The molecule has 0 aromatic carbocycles. The molecular formula is C12H11F3N4OS. The number of alkyl halides is 3. The van der Waals surface area contributed by atoms with E-state index in [0.29, 0.717) is 5.69 Å². The van der Waals surface area contributed by atoms with E-state index in [1.165, 1.54) is 24.3 Å². The summed E-state index contributed by atoms with van der Waals surface area (Å²) in [4.78, 5) is 24.7. The van der Waals surface area contributed by atoms with Crippen LogP contribution in [-0.4, -0.2) is 32.8 Å². The molecule has 0 bridgehead atoms. The highest BCUT2D eigenvalue weighted by atomic mass is 32.1. The van der Waals surface area contributed by atoms with Gasteiger partial charge in [-0.2, -0.15) is 13.2 Å². The van der Waals surface area contributed by atoms with Gasteiger partial charge in [0.05, 0.1) is 18.4 Å². The average molecular weight is 316 g/mol. The molecule has 0 unspecified atom stereocenters. The lowest BCUT2D eigenvalue weighted by Crippen LogP contribution is -2.27. The SMILES string of the molecule is Cc1cnc(C(=O)N(C)Cc2nc(C(F)(F)F)cs2)cn1. The van der Waals surface area contributed by atoms with Crippen LogP contribution in [0.15, 0.2) is 17.8 Å². The third-order valence-corrected chi connectivity index (χ3v) is 3.39. The molecular weight excluding hydrogens is 305 g/mol. The lowest BCUT2D eigenvalue weighted by molar-refractivity contribution is -0.140. The van der Waals surface area contributed by atoms with Crippen molar-refractivity contribution in [3.63, 3.8) is 0 Å². The van der Waals surface area contributed by atoms with E-state index < -0.39 is 17.8 Å². The molecule has 0 radical (unpaired) electrons. The van der Waals surface area contributed by atoms with Gasteiger partial charge in [0.25, 0.3) is 5.91 Å². The fraction of sp³-hybridized carbons (Fsp3) is 0.333. The zero-order valence-corrected chi connectivity index (χ0v) is 12.0. The van der Waals surface area contributed by atoms with Crippen molar-refractivity contribution in [1.82, 2.24) is 19.9 Å². The largest absolute Gasteiger partial charge is 0.434 e. The molecule has 2 aromatic heterocycles. The molecule has 2 heterocycles. The molecule has 0 aliphatic rings. The maximum atomic E-state index is 12.4. The Kier molecular flexibility index (Phi) is 4.21. The van der Waals surface area contributed by atoms with Gasteiger partial charge in [-0.25, -0.2) is 9.97 Å². The Balaban J connectivity index is 2.07. The number of hydrogen-bond acceptors (Lipinski definition) is 5. The zero-order valence-electron chi connectivity index (χ0n) is 11.2. The topological polar surface area (TPSA) is 59.0 Å². The highest BCUT2D eigenvalue weighted by molar-refractivity contribution is 7.09. The fourth-order valence-electron chi connectivity index (χ4n) is 1.49. The van der Waals surface area contributed by atoms with E-state index in [2.05, 4.69) is 15.0 Å². The van der Waals surface area contributed by atoms with Gasteiger partial charge in [0.15, 0.2) is 5.69 Å². The van der Waals surface area contributed by atoms with Crippen LogP contribution in [0.25, 0.3) is 0 Å². The molecule has 1 amide bonds. The predicted octanol–water partition coefficient (Wildman–Crippen LogP) is 2.53. The first kappa shape index (κ1) is 15.4. The monoisotopic (exact) mass is 316 g/mol. The Hall–Kier alpha value is -2.03. The number of thiazole rings is 1. The van der Waals surface area contributed by atoms with E-state index in [0.717, 1.165) is 16.7 Å². The Labute approximate surface area is 122 Å². The second-order valence-corrected chi connectivity index (χ2v) is 5.27. The minimum Gasteiger partial charge on any atom is -0.334 e. The van der Waals surface area contributed by atoms with Crippen molar-refractivity contribution in [1.29, 1.82) is 0 Å². The highest BCUT2D eigenvalue weighted by Crippen LogP contribution is 2.30. The summed E-state index contributed by atoms with van der Waals surface area (Å²) < 4.78 is 37.3. The molecule has 0 aliphatic carbocycles. The Morgan fingerprint density at radius 3 is 2.57 bits per heavy atom. The maximum Gasteiger partial charge on any atom is 0.434 e. The highest BCUT2D eigenvalue weighted by Gasteiger charge is 2.33. The summed E-state index contributed by atoms with van der Waals surface area (Å²) in [6, 6.07) is 0. The van der Waals surface area contributed by atoms with Crippen LogP contribution in [0.4, 0.5) is 13.2 Å². The van der Waals surface area contributed by atoms with Crippen LogP contribution in [0, 0.1) is 6.92 Å². The van der Waals surface area contributed by atoms with Gasteiger partial charge in [0.1, 0.15) is 10.7 Å². The molecule has 0 atom stereocenters. The minimum atomic E-state index is -4.47. The van der Waals surface area contributed by atoms with Crippen LogP contribution in [0.3, 0.4) is 0 Å². The molecule has 112 valence electrons. The molecule has 0 spiro atoms. The van der Waals surface area contributed by atoms with Gasteiger partial charge in [-0.05, 0) is 6.92 Å². The number of aryl methyl sites for hydroxylation is 1. The Morgan fingerprint density at radius 2 is 2.05 bits per heavy atom. The summed E-state index contributed by atoms with van der Waals surface area (Å²) in [6.45, 7) is 1.72. The maximum absolute atomic E-state index is 12.4. The first-order chi connectivity index (χ1) is 9.77. The lowest BCUT2D eigenvalue weighted by Gasteiger charge is -2.14. The van der Waals surface area contributed by atoms with Crippen LogP contribution in [0.5, 0.6) is 0 Å². The third kappa shape index (κ3) is 3.75. The fourth-order valence-corrected chi connectivity index (χ4v) is 2.34. The van der Waals surface area contributed by atoms with Gasteiger partial charge < -0.3 is 4.90 Å². The number of carbonyl (C=O) groups excluding carboxylic acids is 1. The normalized spacial score (nSPS) is 11.5. The van der Waals surface area contributed by atoms with E-state index in [9.17, 15) is 18.0 Å². The second-order valence-electron chi connectivity index (χ2n) is 4.33. The van der Waals surface area contributed by atoms with E-state index in [1.807, 2.05) is 0 Å². The van der Waals surface area contributed by atoms with Crippen LogP contribution in [-0.2, 0) is 12.7 Å². The van der Waals surface area contributed by atoms with Crippen LogP contribution < -0.4 is 0 Å². The molecule has 0 fully saturated rings. The first-order valence-electron chi connectivity index (χ1n) is 5.83. The van der Waals surface area contributed by atoms with Crippen molar-refractivity contribution in [2.45, 2.75) is 19.6 Å². The van der Waals surface area contributed by atoms with Crippen molar-refractivity contribution in [3.05, 3.63) is 39.9 Å². The summed E-state index contributed by atoms with van der Waals surface area (Å²) in [5.74, 6) is -0.425. The van der Waals surface area contributed by atoms with Crippen molar-refractivity contribution in [3.8, 4) is 0 Å². The van der Waals surface area contributed by atoms with E-state index in [4.69, 9.17) is 0 Å². The molecule has 0 saturated carbocycles. The number of hydrogen-bond donors (Lipinski definition) is 0. The van der Waals surface area contributed by atoms with E-state index in [-0.39, 0.29) is 17.2 Å². The molecule has 2 aromatic rings. The van der Waals surface area contributed by atoms with Crippen molar-refractivity contribution in [2.75, 3.05) is 7.05 Å². The predicted molar refractivity (Wildman–Crippen MR) is 69.7 cm³/mol. The minimum absolute atomic E-state index is 0.0187. The number of amides is 1. The molecule has 0 N–H and O–H groups in total. The number of aromatic nitrogens is 3. The van der Waals surface area contributed by atoms with Crippen molar-refractivity contribution in [2.24, 2.45) is 0 Å². The molecule has 0 saturated heterocycles. The van der Waals surface area contributed by atoms with Crippen LogP contribution in [0.1, 0.15) is 26.9 Å². The number of rotatable bonds is 3. The Bertz CT molecular complexity index is 639. The number of carbonyl (C=O) groups is 1. The van der Waals surface area contributed by atoms with Gasteiger partial charge in [0, 0.05) is 18.6 Å². The van der Waals surface area contributed by atoms with E-state index in [1.54, 1.807) is 6.92 Å². The molecule has 5 nitrogen and oxygen atoms in total. The molecule has 2 rings (SSSR count). The standard InChI is InChI=1S/C12H11F3N4OS/c1-7-3-17-8(4-16-7)11(20)19(2)5-10-18-9(6-21-10)12(13,14)15/h3-4,6H,5H2,1-2H3. The van der Waals surface area contributed by atoms with Gasteiger partial charge in [-0.1, -0.05) is 0 Å². The average Bonchev–Trinajstić information content (AvgIpc) is 2.87. The molecule has 21 heavy (non-hydrogen) atoms. The summed E-state index contributed by atoms with van der Waals surface area (Å²) in [7, 11) is 1.47. The van der Waals surface area contributed by atoms with Crippen LogP contribution in [0.2, 0.25) is 0 Å². The third-order valence-electron chi connectivity index (χ3n) is 2.56. The van der Waals surface area contributed by atoms with Gasteiger partial charge >= 0.3 is 6.18 Å². The van der Waals surface area contributed by atoms with Gasteiger partial charge in [-0.15, -0.1) is 11.3 Å². The van der Waals surface area contributed by atoms with Crippen molar-refractivity contribution >= 4 is 17.2 Å². The number of nitrogens with zero attached hydrogens (tertiary/aromatic N) is 4. The molecule has 9 heteroatoms. The second kappa shape index (κ2) is 5.76. The van der Waals surface area contributed by atoms with Gasteiger partial charge in [0.2, 0.25) is 0 Å². The van der Waals surface area contributed by atoms with Crippen molar-refractivity contribution < 1.29 is 18.0 Å². The lowest BCUT2D eigenvalue weighted by atomic mass is 10.3. The summed E-state index contributed by atoms with van der Waals surface area (Å²) in [5, 5.41) is 1.14. The zero-order chi connectivity index (χ0) is 15.6. The Morgan fingerprint density at radius 1 is 1.33 bits per heavy atom. The summed E-state index contributed by atoms with van der Waals surface area (Å²) in [5.41, 5.74) is -0.141. The molecule has 0 aliphatic heterocycles.